The molecule has 21 heavy (non-hydrogen) atoms. The van der Waals surface area contributed by atoms with Gasteiger partial charge in [0, 0.05) is 18.8 Å². The van der Waals surface area contributed by atoms with E-state index in [0.717, 1.165) is 24.1 Å². The third kappa shape index (κ3) is 5.76. The van der Waals surface area contributed by atoms with Crippen molar-refractivity contribution in [3.8, 4) is 0 Å². The summed E-state index contributed by atoms with van der Waals surface area (Å²) in [6.07, 6.45) is 6.10. The fraction of sp³-hybridized carbons (Fsp3) is 0.722. The van der Waals surface area contributed by atoms with Gasteiger partial charge in [0.25, 0.3) is 0 Å². The summed E-state index contributed by atoms with van der Waals surface area (Å²) >= 11 is 0. The van der Waals surface area contributed by atoms with E-state index >= 15 is 0 Å². The van der Waals surface area contributed by atoms with Crippen molar-refractivity contribution in [3.05, 3.63) is 29.6 Å². The van der Waals surface area contributed by atoms with Crippen molar-refractivity contribution in [2.45, 2.75) is 72.3 Å². The third-order valence-corrected chi connectivity index (χ3v) is 4.20. The van der Waals surface area contributed by atoms with Gasteiger partial charge < -0.3 is 10.1 Å². The van der Waals surface area contributed by atoms with Crippen LogP contribution in [0.2, 0.25) is 0 Å². The monoisotopic (exact) mass is 290 g/mol. The summed E-state index contributed by atoms with van der Waals surface area (Å²) in [7, 11) is 0. The summed E-state index contributed by atoms with van der Waals surface area (Å²) in [5.74, 6) is 1.58. The number of pyridine rings is 1. The Labute approximate surface area is 129 Å². The van der Waals surface area contributed by atoms with Gasteiger partial charge in [-0.3, -0.25) is 4.98 Å². The number of hydrogen-bond donors (Lipinski definition) is 1. The third-order valence-electron chi connectivity index (χ3n) is 4.20. The van der Waals surface area contributed by atoms with Crippen LogP contribution in [0.4, 0.5) is 0 Å². The van der Waals surface area contributed by atoms with E-state index in [1.54, 1.807) is 0 Å². The van der Waals surface area contributed by atoms with Crippen molar-refractivity contribution in [3.63, 3.8) is 0 Å². The first-order valence-electron chi connectivity index (χ1n) is 8.31. The van der Waals surface area contributed by atoms with Gasteiger partial charge in [-0.05, 0) is 42.7 Å². The first-order chi connectivity index (χ1) is 10.0. The van der Waals surface area contributed by atoms with Crippen molar-refractivity contribution in [1.82, 2.24) is 10.3 Å². The van der Waals surface area contributed by atoms with Crippen molar-refractivity contribution >= 4 is 0 Å². The first kappa shape index (κ1) is 16.4. The number of nitrogens with one attached hydrogen (secondary N) is 1. The van der Waals surface area contributed by atoms with Gasteiger partial charge in [-0.15, -0.1) is 0 Å². The number of aromatic nitrogens is 1. The van der Waals surface area contributed by atoms with E-state index in [2.05, 4.69) is 50.1 Å². The molecule has 1 aliphatic carbocycles. The highest BCUT2D eigenvalue weighted by Gasteiger charge is 2.24. The summed E-state index contributed by atoms with van der Waals surface area (Å²) in [6.45, 7) is 10.5. The van der Waals surface area contributed by atoms with Gasteiger partial charge in [0.2, 0.25) is 0 Å². The lowest BCUT2D eigenvalue weighted by atomic mass is 9.82. The normalized spacial score (nSPS) is 26.2. The molecule has 0 saturated heterocycles. The zero-order valence-corrected chi connectivity index (χ0v) is 13.9. The molecule has 1 aromatic rings. The highest BCUT2D eigenvalue weighted by atomic mass is 16.5. The summed E-state index contributed by atoms with van der Waals surface area (Å²) in [6, 6.07) is 4.74. The van der Waals surface area contributed by atoms with E-state index in [1.165, 1.54) is 24.8 Å². The Morgan fingerprint density at radius 2 is 1.90 bits per heavy atom. The SMILES string of the molecule is CC1CC(C)CC(OCc2ccc(CNC(C)C)cn2)C1. The van der Waals surface area contributed by atoms with Crippen LogP contribution in [-0.4, -0.2) is 17.1 Å². The molecule has 2 unspecified atom stereocenters. The van der Waals surface area contributed by atoms with Gasteiger partial charge in [0.1, 0.15) is 0 Å². The summed E-state index contributed by atoms with van der Waals surface area (Å²) < 4.78 is 6.07. The van der Waals surface area contributed by atoms with E-state index in [-0.39, 0.29) is 0 Å². The Kier molecular flexibility index (Phi) is 6.19. The minimum atomic E-state index is 0.410. The van der Waals surface area contributed by atoms with Crippen molar-refractivity contribution in [1.29, 1.82) is 0 Å². The Hall–Kier alpha value is -0.930. The Balaban J connectivity index is 1.78. The molecule has 1 saturated carbocycles. The Morgan fingerprint density at radius 1 is 1.19 bits per heavy atom. The maximum Gasteiger partial charge on any atom is 0.0891 e. The maximum absolute atomic E-state index is 6.07. The van der Waals surface area contributed by atoms with Crippen LogP contribution in [0.3, 0.4) is 0 Å². The molecular formula is C18H30N2O. The molecule has 2 atom stereocenters. The van der Waals surface area contributed by atoms with E-state index in [0.29, 0.717) is 18.8 Å². The molecule has 1 N–H and O–H groups in total. The van der Waals surface area contributed by atoms with Gasteiger partial charge in [-0.1, -0.05) is 33.8 Å². The molecule has 3 heteroatoms. The van der Waals surface area contributed by atoms with Crippen molar-refractivity contribution < 1.29 is 4.74 Å². The molecule has 0 radical (unpaired) electrons. The van der Waals surface area contributed by atoms with Crippen LogP contribution in [0.15, 0.2) is 18.3 Å². The van der Waals surface area contributed by atoms with Crippen molar-refractivity contribution in [2.24, 2.45) is 11.8 Å². The molecule has 1 fully saturated rings. The quantitative estimate of drug-likeness (QED) is 0.862. The van der Waals surface area contributed by atoms with E-state index in [1.807, 2.05) is 6.20 Å². The molecule has 0 amide bonds. The predicted molar refractivity (Wildman–Crippen MR) is 87.0 cm³/mol. The minimum absolute atomic E-state index is 0.410. The Morgan fingerprint density at radius 3 is 2.48 bits per heavy atom. The van der Waals surface area contributed by atoms with Crippen LogP contribution in [0.5, 0.6) is 0 Å². The molecular weight excluding hydrogens is 260 g/mol. The summed E-state index contributed by atoms with van der Waals surface area (Å²) in [5.41, 5.74) is 2.27. The average molecular weight is 290 g/mol. The van der Waals surface area contributed by atoms with Gasteiger partial charge in [-0.2, -0.15) is 0 Å². The van der Waals surface area contributed by atoms with E-state index in [9.17, 15) is 0 Å². The van der Waals surface area contributed by atoms with Crippen LogP contribution in [-0.2, 0) is 17.9 Å². The fourth-order valence-corrected chi connectivity index (χ4v) is 3.18. The zero-order valence-electron chi connectivity index (χ0n) is 13.9. The van der Waals surface area contributed by atoms with Gasteiger partial charge in [0.15, 0.2) is 0 Å². The molecule has 1 aliphatic rings. The van der Waals surface area contributed by atoms with Gasteiger partial charge in [0.05, 0.1) is 18.4 Å². The standard InChI is InChI=1S/C18H30N2O/c1-13(2)19-10-16-5-6-17(20-11-16)12-21-18-8-14(3)7-15(4)9-18/h5-6,11,13-15,18-19H,7-10,12H2,1-4H3. The molecule has 0 aromatic carbocycles. The largest absolute Gasteiger partial charge is 0.372 e. The second kappa shape index (κ2) is 7.90. The molecule has 2 rings (SSSR count). The smallest absolute Gasteiger partial charge is 0.0891 e. The first-order valence-corrected chi connectivity index (χ1v) is 8.31. The lowest BCUT2D eigenvalue weighted by Gasteiger charge is -2.31. The molecule has 3 nitrogen and oxygen atoms in total. The average Bonchev–Trinajstić information content (AvgIpc) is 2.43. The van der Waals surface area contributed by atoms with Gasteiger partial charge in [-0.25, -0.2) is 0 Å². The maximum atomic E-state index is 6.07. The van der Waals surface area contributed by atoms with Crippen LogP contribution in [0, 0.1) is 11.8 Å². The second-order valence-corrected chi connectivity index (χ2v) is 7.04. The van der Waals surface area contributed by atoms with Crippen LogP contribution in [0.1, 0.15) is 58.2 Å². The van der Waals surface area contributed by atoms with E-state index in [4.69, 9.17) is 4.74 Å². The molecule has 118 valence electrons. The summed E-state index contributed by atoms with van der Waals surface area (Å²) in [5, 5.41) is 3.40. The minimum Gasteiger partial charge on any atom is -0.372 e. The van der Waals surface area contributed by atoms with E-state index < -0.39 is 0 Å². The molecule has 1 heterocycles. The fourth-order valence-electron chi connectivity index (χ4n) is 3.18. The lowest BCUT2D eigenvalue weighted by molar-refractivity contribution is -0.0105. The molecule has 0 bridgehead atoms. The number of rotatable bonds is 6. The molecule has 0 aliphatic heterocycles. The van der Waals surface area contributed by atoms with Crippen LogP contribution in [0.25, 0.3) is 0 Å². The number of ether oxygens (including phenoxy) is 1. The number of hydrogen-bond acceptors (Lipinski definition) is 3. The second-order valence-electron chi connectivity index (χ2n) is 7.04. The highest BCUT2D eigenvalue weighted by molar-refractivity contribution is 5.13. The topological polar surface area (TPSA) is 34.1 Å². The lowest BCUT2D eigenvalue weighted by Crippen LogP contribution is -2.26. The number of nitrogens with zero attached hydrogens (tertiary/aromatic N) is 1. The van der Waals surface area contributed by atoms with Crippen LogP contribution < -0.4 is 5.32 Å². The molecule has 1 aromatic heterocycles. The highest BCUT2D eigenvalue weighted by Crippen LogP contribution is 2.30. The predicted octanol–water partition coefficient (Wildman–Crippen LogP) is 3.92. The summed E-state index contributed by atoms with van der Waals surface area (Å²) in [4.78, 5) is 4.51. The molecule has 0 spiro atoms. The van der Waals surface area contributed by atoms with Gasteiger partial charge >= 0.3 is 0 Å². The zero-order chi connectivity index (χ0) is 15.2. The van der Waals surface area contributed by atoms with Crippen molar-refractivity contribution in [2.75, 3.05) is 0 Å². The van der Waals surface area contributed by atoms with Crippen LogP contribution >= 0.6 is 0 Å². The Bertz CT molecular complexity index is 406.